The Bertz CT molecular complexity index is 416. The van der Waals surface area contributed by atoms with Gasteiger partial charge in [0.05, 0.1) is 16.5 Å². The minimum Gasteiger partial charge on any atom is -0.506 e. The fourth-order valence-electron chi connectivity index (χ4n) is 0.820. The maximum Gasteiger partial charge on any atom is 0.135 e. The fraction of sp³-hybridized carbons (Fsp3) is 0.100. The lowest BCUT2D eigenvalue weighted by Crippen LogP contribution is -1.79. The molecule has 0 atom stereocenters. The summed E-state index contributed by atoms with van der Waals surface area (Å²) in [6.45, 7) is 0. The molecule has 14 heavy (non-hydrogen) atoms. The van der Waals surface area contributed by atoms with Crippen molar-refractivity contribution in [2.75, 3.05) is 0 Å². The number of benzene rings is 1. The largest absolute Gasteiger partial charge is 0.506 e. The highest BCUT2D eigenvalue weighted by atomic mass is 35.5. The van der Waals surface area contributed by atoms with Crippen LogP contribution >= 0.6 is 23.2 Å². The van der Waals surface area contributed by atoms with Gasteiger partial charge in [0.15, 0.2) is 0 Å². The topological polar surface area (TPSA) is 37.3 Å². The molecule has 2 nitrogen and oxygen atoms in total. The molecule has 0 aliphatic rings. The molecule has 72 valence electrons. The van der Waals surface area contributed by atoms with Crippen LogP contribution in [0.2, 0.25) is 10.0 Å². The van der Waals surface area contributed by atoms with Crippen LogP contribution in [0.5, 0.6) is 5.75 Å². The number of aldehydes is 1. The van der Waals surface area contributed by atoms with Crippen LogP contribution in [0, 0.1) is 11.8 Å². The van der Waals surface area contributed by atoms with Crippen molar-refractivity contribution in [1.29, 1.82) is 0 Å². The number of rotatable bonds is 1. The summed E-state index contributed by atoms with van der Waals surface area (Å²) in [4.78, 5) is 10.00. The molecule has 0 saturated heterocycles. The zero-order chi connectivity index (χ0) is 10.6. The van der Waals surface area contributed by atoms with Crippen LogP contribution in [0.15, 0.2) is 12.1 Å². The molecule has 0 radical (unpaired) electrons. The monoisotopic (exact) mass is 228 g/mol. The van der Waals surface area contributed by atoms with Gasteiger partial charge in [0.2, 0.25) is 0 Å². The Morgan fingerprint density at radius 1 is 1.36 bits per heavy atom. The Morgan fingerprint density at radius 2 is 2.07 bits per heavy atom. The number of phenols is 1. The smallest absolute Gasteiger partial charge is 0.135 e. The second kappa shape index (κ2) is 4.90. The summed E-state index contributed by atoms with van der Waals surface area (Å²) in [5.41, 5.74) is 0.497. The molecule has 0 aromatic heterocycles. The van der Waals surface area contributed by atoms with Gasteiger partial charge in [0, 0.05) is 11.6 Å². The van der Waals surface area contributed by atoms with Crippen LogP contribution in [-0.4, -0.2) is 11.4 Å². The molecule has 0 aliphatic carbocycles. The van der Waals surface area contributed by atoms with E-state index in [4.69, 9.17) is 23.2 Å². The zero-order valence-electron chi connectivity index (χ0n) is 7.05. The summed E-state index contributed by atoms with van der Waals surface area (Å²) in [7, 11) is 0. The van der Waals surface area contributed by atoms with Crippen molar-refractivity contribution in [2.24, 2.45) is 0 Å². The van der Waals surface area contributed by atoms with Crippen LogP contribution in [-0.2, 0) is 4.79 Å². The van der Waals surface area contributed by atoms with Crippen LogP contribution in [0.3, 0.4) is 0 Å². The molecule has 0 spiro atoms. The number of carbonyl (C=O) groups excluding carboxylic acids is 1. The maximum absolute atomic E-state index is 10.00. The van der Waals surface area contributed by atoms with Gasteiger partial charge < -0.3 is 9.90 Å². The average Bonchev–Trinajstić information content (AvgIpc) is 2.14. The number of phenolic OH excluding ortho intramolecular Hbond substituents is 1. The predicted molar refractivity (Wildman–Crippen MR) is 55.7 cm³/mol. The summed E-state index contributed by atoms with van der Waals surface area (Å²) in [6.07, 6.45) is 0.845. The van der Waals surface area contributed by atoms with Gasteiger partial charge in [-0.05, 0) is 6.07 Å². The molecule has 0 fully saturated rings. The first-order valence-corrected chi connectivity index (χ1v) is 4.51. The van der Waals surface area contributed by atoms with Crippen LogP contribution in [0.1, 0.15) is 12.0 Å². The van der Waals surface area contributed by atoms with Gasteiger partial charge >= 0.3 is 0 Å². The van der Waals surface area contributed by atoms with Crippen molar-refractivity contribution in [3.05, 3.63) is 27.7 Å². The quantitative estimate of drug-likeness (QED) is 0.593. The molecule has 1 N–H and O–H groups in total. The molecular weight excluding hydrogens is 223 g/mol. The lowest BCUT2D eigenvalue weighted by molar-refractivity contribution is -0.107. The molecule has 0 heterocycles. The van der Waals surface area contributed by atoms with E-state index in [0.717, 1.165) is 0 Å². The third-order valence-electron chi connectivity index (χ3n) is 1.44. The van der Waals surface area contributed by atoms with E-state index in [1.807, 2.05) is 0 Å². The average molecular weight is 229 g/mol. The number of hydrogen-bond acceptors (Lipinski definition) is 2. The van der Waals surface area contributed by atoms with E-state index in [-0.39, 0.29) is 17.2 Å². The second-order valence-electron chi connectivity index (χ2n) is 2.46. The zero-order valence-corrected chi connectivity index (χ0v) is 8.56. The second-order valence-corrected chi connectivity index (χ2v) is 3.27. The minimum absolute atomic E-state index is 0.0856. The number of halogens is 2. The van der Waals surface area contributed by atoms with E-state index in [9.17, 15) is 9.90 Å². The molecule has 0 bridgehead atoms. The normalized spacial score (nSPS) is 9.00. The van der Waals surface area contributed by atoms with Gasteiger partial charge in [-0.1, -0.05) is 35.0 Å². The summed E-state index contributed by atoms with van der Waals surface area (Å²) < 4.78 is 0. The molecule has 1 aromatic carbocycles. The van der Waals surface area contributed by atoms with Crippen molar-refractivity contribution in [2.45, 2.75) is 6.42 Å². The summed E-state index contributed by atoms with van der Waals surface area (Å²) in [6, 6.07) is 2.77. The molecular formula is C10H6Cl2O2. The van der Waals surface area contributed by atoms with Crippen LogP contribution in [0.25, 0.3) is 0 Å². The predicted octanol–water partition coefficient (Wildman–Crippen LogP) is 2.64. The molecule has 0 amide bonds. The third-order valence-corrected chi connectivity index (χ3v) is 2.06. The Kier molecular flexibility index (Phi) is 3.82. The first-order valence-electron chi connectivity index (χ1n) is 3.75. The lowest BCUT2D eigenvalue weighted by atomic mass is 10.2. The lowest BCUT2D eigenvalue weighted by Gasteiger charge is -1.99. The van der Waals surface area contributed by atoms with Crippen molar-refractivity contribution in [1.82, 2.24) is 0 Å². The highest BCUT2D eigenvalue weighted by Crippen LogP contribution is 2.29. The Morgan fingerprint density at radius 3 is 2.71 bits per heavy atom. The Labute approximate surface area is 91.5 Å². The van der Waals surface area contributed by atoms with Crippen LogP contribution < -0.4 is 0 Å². The molecule has 4 heteroatoms. The molecule has 0 saturated carbocycles. The van der Waals surface area contributed by atoms with Gasteiger partial charge in [0.1, 0.15) is 12.0 Å². The van der Waals surface area contributed by atoms with Crippen molar-refractivity contribution < 1.29 is 9.90 Å². The SMILES string of the molecule is O=CCC#Cc1cc(Cl)c(O)cc1Cl. The molecule has 1 aromatic rings. The van der Waals surface area contributed by atoms with Gasteiger partial charge in [-0.3, -0.25) is 0 Å². The van der Waals surface area contributed by atoms with Crippen molar-refractivity contribution in [3.8, 4) is 17.6 Å². The highest BCUT2D eigenvalue weighted by molar-refractivity contribution is 6.35. The van der Waals surface area contributed by atoms with Crippen molar-refractivity contribution in [3.63, 3.8) is 0 Å². The third kappa shape index (κ3) is 2.66. The fourth-order valence-corrected chi connectivity index (χ4v) is 1.19. The van der Waals surface area contributed by atoms with Gasteiger partial charge in [0.25, 0.3) is 0 Å². The van der Waals surface area contributed by atoms with E-state index in [1.165, 1.54) is 12.1 Å². The van der Waals surface area contributed by atoms with Gasteiger partial charge in [-0.2, -0.15) is 0 Å². The van der Waals surface area contributed by atoms with Crippen LogP contribution in [0.4, 0.5) is 0 Å². The summed E-state index contributed by atoms with van der Waals surface area (Å²) in [5, 5.41) is 9.67. The minimum atomic E-state index is -0.0856. The maximum atomic E-state index is 10.00. The van der Waals surface area contributed by atoms with Gasteiger partial charge in [-0.25, -0.2) is 0 Å². The number of aromatic hydroxyl groups is 1. The Hall–Kier alpha value is -1.17. The molecule has 1 rings (SSSR count). The Balaban J connectivity index is 3.05. The summed E-state index contributed by atoms with van der Waals surface area (Å²) in [5.74, 6) is 5.18. The summed E-state index contributed by atoms with van der Waals surface area (Å²) >= 11 is 11.4. The van der Waals surface area contributed by atoms with E-state index < -0.39 is 0 Å². The molecule has 0 unspecified atom stereocenters. The molecule has 0 aliphatic heterocycles. The van der Waals surface area contributed by atoms with Gasteiger partial charge in [-0.15, -0.1) is 0 Å². The number of hydrogen-bond donors (Lipinski definition) is 1. The van der Waals surface area contributed by atoms with E-state index in [2.05, 4.69) is 11.8 Å². The van der Waals surface area contributed by atoms with Crippen molar-refractivity contribution >= 4 is 29.5 Å². The number of carbonyl (C=O) groups is 1. The first kappa shape index (κ1) is 10.9. The van der Waals surface area contributed by atoms with E-state index in [0.29, 0.717) is 16.9 Å². The van der Waals surface area contributed by atoms with E-state index >= 15 is 0 Å². The standard InChI is InChI=1S/C10H6Cl2O2/c11-8-6-10(14)9(12)5-7(8)3-1-2-4-13/h4-6,14H,2H2. The first-order chi connectivity index (χ1) is 6.65. The van der Waals surface area contributed by atoms with E-state index in [1.54, 1.807) is 0 Å². The highest BCUT2D eigenvalue weighted by Gasteiger charge is 2.03.